The summed E-state index contributed by atoms with van der Waals surface area (Å²) in [6.45, 7) is 6.91. The lowest BCUT2D eigenvalue weighted by Gasteiger charge is -2.33. The maximum absolute atomic E-state index is 13.1. The van der Waals surface area contributed by atoms with Gasteiger partial charge in [0.2, 0.25) is 0 Å². The zero-order chi connectivity index (χ0) is 24.5. The minimum atomic E-state index is -0.927. The van der Waals surface area contributed by atoms with Gasteiger partial charge in [-0.05, 0) is 52.8 Å². The van der Waals surface area contributed by atoms with Gasteiger partial charge in [0.15, 0.2) is 0 Å². The fraction of sp³-hybridized carbons (Fsp3) is 0.440. The van der Waals surface area contributed by atoms with Gasteiger partial charge < -0.3 is 14.8 Å². The summed E-state index contributed by atoms with van der Waals surface area (Å²) in [5.74, 6) is -0.201. The van der Waals surface area contributed by atoms with Crippen molar-refractivity contribution in [2.45, 2.75) is 32.8 Å². The Morgan fingerprint density at radius 1 is 1.03 bits per heavy atom. The molecule has 2 aromatic rings. The van der Waals surface area contributed by atoms with E-state index in [-0.39, 0.29) is 24.5 Å². The van der Waals surface area contributed by atoms with E-state index in [9.17, 15) is 9.59 Å². The summed E-state index contributed by atoms with van der Waals surface area (Å²) in [5, 5.41) is 4.01. The van der Waals surface area contributed by atoms with Gasteiger partial charge in [0, 0.05) is 22.6 Å². The summed E-state index contributed by atoms with van der Waals surface area (Å²) in [6.07, 6.45) is -0.479. The molecule has 33 heavy (non-hydrogen) atoms. The number of halogens is 1. The molecule has 180 valence electrons. The van der Waals surface area contributed by atoms with Crippen LogP contribution in [0.25, 0.3) is 0 Å². The predicted octanol–water partition coefficient (Wildman–Crippen LogP) is 4.54. The van der Waals surface area contributed by atoms with Crippen LogP contribution in [0.5, 0.6) is 0 Å². The van der Waals surface area contributed by atoms with Gasteiger partial charge in [-0.1, -0.05) is 56.3 Å². The normalized spacial score (nSPS) is 13.2. The highest BCUT2D eigenvalue weighted by atomic mass is 127. The third-order valence-corrected chi connectivity index (χ3v) is 5.97. The fourth-order valence-corrected chi connectivity index (χ4v) is 3.74. The zero-order valence-corrected chi connectivity index (χ0v) is 22.0. The second kappa shape index (κ2) is 12.3. The molecule has 2 rings (SSSR count). The SMILES string of the molecule is CON(C)C(=O)C(C)(COCC(C)(C)CNC(=O)OCc1ccccc1)c1cccc(I)c1. The van der Waals surface area contributed by atoms with Crippen molar-refractivity contribution >= 4 is 34.6 Å². The number of ether oxygens (including phenoxy) is 2. The Morgan fingerprint density at radius 2 is 1.73 bits per heavy atom. The third-order valence-electron chi connectivity index (χ3n) is 5.30. The van der Waals surface area contributed by atoms with Crippen molar-refractivity contribution < 1.29 is 23.9 Å². The highest BCUT2D eigenvalue weighted by Gasteiger charge is 2.39. The minimum Gasteiger partial charge on any atom is -0.445 e. The molecular formula is C25H33IN2O5. The molecule has 0 spiro atoms. The van der Waals surface area contributed by atoms with Gasteiger partial charge in [0.05, 0.1) is 25.7 Å². The van der Waals surface area contributed by atoms with Crippen molar-refractivity contribution in [1.29, 1.82) is 0 Å². The first-order valence-corrected chi connectivity index (χ1v) is 11.8. The maximum Gasteiger partial charge on any atom is 0.407 e. The zero-order valence-electron chi connectivity index (χ0n) is 19.9. The highest BCUT2D eigenvalue weighted by Crippen LogP contribution is 2.29. The molecule has 8 heteroatoms. The Bertz CT molecular complexity index is 922. The molecule has 0 radical (unpaired) electrons. The van der Waals surface area contributed by atoms with Crippen LogP contribution in [-0.2, 0) is 31.1 Å². The third kappa shape index (κ3) is 8.28. The lowest BCUT2D eigenvalue weighted by atomic mass is 9.82. The molecule has 0 saturated carbocycles. The number of alkyl carbamates (subject to hydrolysis) is 1. The fourth-order valence-electron chi connectivity index (χ4n) is 3.20. The highest BCUT2D eigenvalue weighted by molar-refractivity contribution is 14.1. The van der Waals surface area contributed by atoms with Gasteiger partial charge in [-0.15, -0.1) is 0 Å². The second-order valence-corrected chi connectivity index (χ2v) is 10.1. The molecule has 7 nitrogen and oxygen atoms in total. The predicted molar refractivity (Wildman–Crippen MR) is 136 cm³/mol. The summed E-state index contributed by atoms with van der Waals surface area (Å²) in [5.41, 5.74) is 0.484. The molecule has 0 aliphatic rings. The summed E-state index contributed by atoms with van der Waals surface area (Å²) in [6, 6.07) is 17.3. The number of nitrogens with zero attached hydrogens (tertiary/aromatic N) is 1. The van der Waals surface area contributed by atoms with Gasteiger partial charge >= 0.3 is 6.09 Å². The van der Waals surface area contributed by atoms with E-state index < -0.39 is 11.5 Å². The topological polar surface area (TPSA) is 77.1 Å². The Morgan fingerprint density at radius 3 is 2.36 bits per heavy atom. The standard InChI is InChI=1S/C25H33IN2O5/c1-24(2,16-27-23(30)33-15-19-10-7-6-8-11-19)17-32-18-25(3,22(29)28(4)31-5)20-12-9-13-21(26)14-20/h6-14H,15-18H2,1-5H3,(H,27,30). The molecule has 1 atom stereocenters. The molecule has 0 aliphatic carbocycles. The quantitative estimate of drug-likeness (QED) is 0.318. The van der Waals surface area contributed by atoms with Gasteiger partial charge in [0.1, 0.15) is 6.61 Å². The van der Waals surface area contributed by atoms with E-state index in [0.29, 0.717) is 13.2 Å². The number of carbonyl (C=O) groups is 2. The lowest BCUT2D eigenvalue weighted by Crippen LogP contribution is -2.47. The van der Waals surface area contributed by atoms with Gasteiger partial charge in [0.25, 0.3) is 5.91 Å². The molecule has 0 saturated heterocycles. The van der Waals surface area contributed by atoms with Crippen LogP contribution >= 0.6 is 22.6 Å². The number of likely N-dealkylation sites (N-methyl/N-ethyl adjacent to an activating group) is 1. The lowest BCUT2D eigenvalue weighted by molar-refractivity contribution is -0.177. The molecular weight excluding hydrogens is 535 g/mol. The number of hydroxylamine groups is 2. The van der Waals surface area contributed by atoms with Gasteiger partial charge in [-0.25, -0.2) is 9.86 Å². The Balaban J connectivity index is 1.93. The van der Waals surface area contributed by atoms with Crippen molar-refractivity contribution in [2.24, 2.45) is 5.41 Å². The molecule has 1 N–H and O–H groups in total. The largest absolute Gasteiger partial charge is 0.445 e. The Labute approximate surface area is 209 Å². The molecule has 0 bridgehead atoms. The van der Waals surface area contributed by atoms with Crippen LogP contribution < -0.4 is 5.32 Å². The number of hydrogen-bond acceptors (Lipinski definition) is 5. The van der Waals surface area contributed by atoms with Crippen molar-refractivity contribution in [3.8, 4) is 0 Å². The van der Waals surface area contributed by atoms with Crippen LogP contribution in [0.2, 0.25) is 0 Å². The molecule has 1 unspecified atom stereocenters. The van der Waals surface area contributed by atoms with Gasteiger partial charge in [-0.2, -0.15) is 0 Å². The van der Waals surface area contributed by atoms with E-state index in [2.05, 4.69) is 27.9 Å². The first-order valence-electron chi connectivity index (χ1n) is 10.7. The monoisotopic (exact) mass is 568 g/mol. The van der Waals surface area contributed by atoms with Crippen molar-refractivity contribution in [2.75, 3.05) is 33.9 Å². The van der Waals surface area contributed by atoms with Crippen LogP contribution in [0.3, 0.4) is 0 Å². The van der Waals surface area contributed by atoms with E-state index in [0.717, 1.165) is 14.7 Å². The first kappa shape index (κ1) is 27.1. The minimum absolute atomic E-state index is 0.168. The average molecular weight is 568 g/mol. The summed E-state index contributed by atoms with van der Waals surface area (Å²) < 4.78 is 12.3. The number of amides is 2. The van der Waals surface area contributed by atoms with Crippen molar-refractivity contribution in [3.05, 3.63) is 69.3 Å². The number of nitrogens with one attached hydrogen (secondary N) is 1. The number of hydrogen-bond donors (Lipinski definition) is 1. The van der Waals surface area contributed by atoms with Gasteiger partial charge in [-0.3, -0.25) is 9.63 Å². The molecule has 0 aliphatic heterocycles. The number of benzene rings is 2. The van der Waals surface area contributed by atoms with E-state index in [1.165, 1.54) is 12.2 Å². The molecule has 0 aromatic heterocycles. The first-order chi connectivity index (χ1) is 15.6. The summed E-state index contributed by atoms with van der Waals surface area (Å²) in [7, 11) is 3.04. The summed E-state index contributed by atoms with van der Waals surface area (Å²) in [4.78, 5) is 30.3. The Kier molecular flexibility index (Phi) is 10.1. The average Bonchev–Trinajstić information content (AvgIpc) is 2.80. The molecule has 0 fully saturated rings. The summed E-state index contributed by atoms with van der Waals surface area (Å²) >= 11 is 2.22. The van der Waals surface area contributed by atoms with E-state index >= 15 is 0 Å². The molecule has 2 aromatic carbocycles. The number of carbonyl (C=O) groups excluding carboxylic acids is 2. The Hall–Kier alpha value is -2.17. The van der Waals surface area contributed by atoms with Crippen LogP contribution in [-0.4, -0.2) is 51.0 Å². The van der Waals surface area contributed by atoms with E-state index in [4.69, 9.17) is 14.3 Å². The second-order valence-electron chi connectivity index (χ2n) is 8.90. The van der Waals surface area contributed by atoms with Crippen molar-refractivity contribution in [3.63, 3.8) is 0 Å². The van der Waals surface area contributed by atoms with Crippen molar-refractivity contribution in [1.82, 2.24) is 10.4 Å². The molecule has 0 heterocycles. The van der Waals surface area contributed by atoms with Crippen LogP contribution in [0, 0.1) is 8.99 Å². The number of rotatable bonds is 11. The van der Waals surface area contributed by atoms with Crippen LogP contribution in [0.15, 0.2) is 54.6 Å². The van der Waals surface area contributed by atoms with E-state index in [1.54, 1.807) is 7.05 Å². The molecule has 2 amide bonds. The van der Waals surface area contributed by atoms with E-state index in [1.807, 2.05) is 75.4 Å². The van der Waals surface area contributed by atoms with Crippen LogP contribution in [0.1, 0.15) is 31.9 Å². The maximum atomic E-state index is 13.1. The smallest absolute Gasteiger partial charge is 0.407 e. The van der Waals surface area contributed by atoms with Crippen LogP contribution in [0.4, 0.5) is 4.79 Å².